The summed E-state index contributed by atoms with van der Waals surface area (Å²) in [5.74, 6) is 0.617. The highest BCUT2D eigenvalue weighted by Crippen LogP contribution is 2.21. The summed E-state index contributed by atoms with van der Waals surface area (Å²) < 4.78 is 13.1. The minimum atomic E-state index is -0.445. The molecule has 0 saturated carbocycles. The maximum absolute atomic E-state index is 13.1. The van der Waals surface area contributed by atoms with Gasteiger partial charge in [0, 0.05) is 18.3 Å². The summed E-state index contributed by atoms with van der Waals surface area (Å²) in [7, 11) is 0. The molecule has 0 aliphatic carbocycles. The van der Waals surface area contributed by atoms with Gasteiger partial charge in [0.2, 0.25) is 5.95 Å². The Bertz CT molecular complexity index is 663. The van der Waals surface area contributed by atoms with E-state index in [0.717, 1.165) is 5.69 Å². The predicted molar refractivity (Wildman–Crippen MR) is 75.3 cm³/mol. The van der Waals surface area contributed by atoms with E-state index in [4.69, 9.17) is 5.26 Å². The van der Waals surface area contributed by atoms with Gasteiger partial charge >= 0.3 is 0 Å². The van der Waals surface area contributed by atoms with Crippen LogP contribution in [0.3, 0.4) is 0 Å². The molecule has 2 N–H and O–H groups in total. The van der Waals surface area contributed by atoms with E-state index in [1.807, 2.05) is 19.9 Å². The van der Waals surface area contributed by atoms with E-state index in [1.165, 1.54) is 18.2 Å². The quantitative estimate of drug-likeness (QED) is 0.894. The molecule has 0 unspecified atom stereocenters. The van der Waals surface area contributed by atoms with Crippen LogP contribution in [0.25, 0.3) is 0 Å². The SMILES string of the molecule is CCNc1nc(C)cc(Nc2ccc(F)cc2C#N)n1. The Morgan fingerprint density at radius 1 is 1.30 bits per heavy atom. The van der Waals surface area contributed by atoms with Crippen molar-refractivity contribution in [3.05, 3.63) is 41.3 Å². The Kier molecular flexibility index (Phi) is 4.11. The monoisotopic (exact) mass is 271 g/mol. The van der Waals surface area contributed by atoms with Crippen LogP contribution in [0.15, 0.2) is 24.3 Å². The molecule has 2 rings (SSSR count). The van der Waals surface area contributed by atoms with E-state index >= 15 is 0 Å². The molecule has 20 heavy (non-hydrogen) atoms. The summed E-state index contributed by atoms with van der Waals surface area (Å²) >= 11 is 0. The van der Waals surface area contributed by atoms with E-state index in [1.54, 1.807) is 6.07 Å². The predicted octanol–water partition coefficient (Wildman–Crippen LogP) is 2.97. The molecule has 0 radical (unpaired) electrons. The first-order valence-corrected chi connectivity index (χ1v) is 6.18. The number of aryl methyl sites for hydroxylation is 1. The molecule has 0 aliphatic heterocycles. The van der Waals surface area contributed by atoms with Crippen molar-refractivity contribution in [3.63, 3.8) is 0 Å². The molecule has 1 heterocycles. The minimum absolute atomic E-state index is 0.228. The number of aromatic nitrogens is 2. The van der Waals surface area contributed by atoms with Gasteiger partial charge in [-0.1, -0.05) is 0 Å². The maximum Gasteiger partial charge on any atom is 0.224 e. The molecule has 1 aromatic heterocycles. The summed E-state index contributed by atoms with van der Waals surface area (Å²) in [6.45, 7) is 4.51. The Balaban J connectivity index is 2.32. The van der Waals surface area contributed by atoms with Crippen molar-refractivity contribution in [2.24, 2.45) is 0 Å². The van der Waals surface area contributed by atoms with Crippen molar-refractivity contribution in [1.29, 1.82) is 5.26 Å². The van der Waals surface area contributed by atoms with Crippen LogP contribution in [0.4, 0.5) is 21.8 Å². The topological polar surface area (TPSA) is 73.6 Å². The second kappa shape index (κ2) is 5.97. The number of anilines is 3. The fraction of sp³-hybridized carbons (Fsp3) is 0.214. The number of benzene rings is 1. The van der Waals surface area contributed by atoms with Gasteiger partial charge in [0.15, 0.2) is 0 Å². The molecule has 0 atom stereocenters. The molecule has 0 bridgehead atoms. The average Bonchev–Trinajstić information content (AvgIpc) is 2.40. The van der Waals surface area contributed by atoms with Crippen LogP contribution in [-0.2, 0) is 0 Å². The Labute approximate surface area is 116 Å². The van der Waals surface area contributed by atoms with Crippen molar-refractivity contribution >= 4 is 17.5 Å². The zero-order valence-corrected chi connectivity index (χ0v) is 11.2. The molecule has 0 amide bonds. The molecule has 6 heteroatoms. The van der Waals surface area contributed by atoms with Crippen LogP contribution in [0.2, 0.25) is 0 Å². The lowest BCUT2D eigenvalue weighted by Crippen LogP contribution is -2.05. The average molecular weight is 271 g/mol. The van der Waals surface area contributed by atoms with Crippen molar-refractivity contribution in [3.8, 4) is 6.07 Å². The first-order valence-electron chi connectivity index (χ1n) is 6.18. The van der Waals surface area contributed by atoms with E-state index in [0.29, 0.717) is 24.0 Å². The van der Waals surface area contributed by atoms with E-state index in [9.17, 15) is 4.39 Å². The lowest BCUT2D eigenvalue weighted by atomic mass is 10.2. The van der Waals surface area contributed by atoms with Gasteiger partial charge in [-0.15, -0.1) is 0 Å². The Morgan fingerprint density at radius 2 is 2.10 bits per heavy atom. The fourth-order valence-electron chi connectivity index (χ4n) is 1.73. The van der Waals surface area contributed by atoms with Crippen LogP contribution >= 0.6 is 0 Å². The van der Waals surface area contributed by atoms with Gasteiger partial charge in [0.05, 0.1) is 11.3 Å². The van der Waals surface area contributed by atoms with Gasteiger partial charge in [0.25, 0.3) is 0 Å². The van der Waals surface area contributed by atoms with Crippen LogP contribution in [0.5, 0.6) is 0 Å². The van der Waals surface area contributed by atoms with E-state index in [-0.39, 0.29) is 5.56 Å². The molecule has 0 spiro atoms. The standard InChI is InChI=1S/C14H14FN5/c1-3-17-14-18-9(2)6-13(20-14)19-12-5-4-11(15)7-10(12)8-16/h4-7H,3H2,1-2H3,(H2,17,18,19,20). The largest absolute Gasteiger partial charge is 0.354 e. The van der Waals surface area contributed by atoms with Gasteiger partial charge in [0.1, 0.15) is 17.7 Å². The zero-order chi connectivity index (χ0) is 14.5. The molecule has 0 aliphatic rings. The third-order valence-corrected chi connectivity index (χ3v) is 2.55. The number of halogens is 1. The summed E-state index contributed by atoms with van der Waals surface area (Å²) in [6, 6.07) is 7.69. The van der Waals surface area contributed by atoms with E-state index < -0.39 is 5.82 Å². The first-order chi connectivity index (χ1) is 9.62. The fourth-order valence-corrected chi connectivity index (χ4v) is 1.73. The third-order valence-electron chi connectivity index (χ3n) is 2.55. The van der Waals surface area contributed by atoms with Crippen molar-refractivity contribution in [2.45, 2.75) is 13.8 Å². The lowest BCUT2D eigenvalue weighted by molar-refractivity contribution is 0.627. The Hall–Kier alpha value is -2.68. The number of nitrogens with one attached hydrogen (secondary N) is 2. The maximum atomic E-state index is 13.1. The third kappa shape index (κ3) is 3.20. The molecule has 0 saturated heterocycles. The van der Waals surface area contributed by atoms with Gasteiger partial charge in [-0.25, -0.2) is 9.37 Å². The number of nitriles is 1. The van der Waals surface area contributed by atoms with Crippen LogP contribution in [0, 0.1) is 24.1 Å². The highest BCUT2D eigenvalue weighted by atomic mass is 19.1. The molecule has 2 aromatic rings. The molecular weight excluding hydrogens is 257 g/mol. The molecule has 102 valence electrons. The lowest BCUT2D eigenvalue weighted by Gasteiger charge is -2.10. The summed E-state index contributed by atoms with van der Waals surface area (Å²) in [6.07, 6.45) is 0. The van der Waals surface area contributed by atoms with E-state index in [2.05, 4.69) is 20.6 Å². The second-order valence-electron chi connectivity index (χ2n) is 4.18. The van der Waals surface area contributed by atoms with Crippen LogP contribution in [0.1, 0.15) is 18.2 Å². The normalized spacial score (nSPS) is 9.90. The van der Waals surface area contributed by atoms with Crippen LogP contribution < -0.4 is 10.6 Å². The Morgan fingerprint density at radius 3 is 2.80 bits per heavy atom. The second-order valence-corrected chi connectivity index (χ2v) is 4.18. The molecular formula is C14H14FN5. The van der Waals surface area contributed by atoms with Gasteiger partial charge in [-0.2, -0.15) is 10.2 Å². The zero-order valence-electron chi connectivity index (χ0n) is 11.2. The molecule has 0 fully saturated rings. The van der Waals surface area contributed by atoms with Gasteiger partial charge in [-0.3, -0.25) is 0 Å². The number of hydrogen-bond donors (Lipinski definition) is 2. The molecule has 5 nitrogen and oxygen atoms in total. The highest BCUT2D eigenvalue weighted by Gasteiger charge is 2.06. The smallest absolute Gasteiger partial charge is 0.224 e. The van der Waals surface area contributed by atoms with Crippen molar-refractivity contribution < 1.29 is 4.39 Å². The van der Waals surface area contributed by atoms with Crippen molar-refractivity contribution in [1.82, 2.24) is 9.97 Å². The van der Waals surface area contributed by atoms with Gasteiger partial charge < -0.3 is 10.6 Å². The summed E-state index contributed by atoms with van der Waals surface area (Å²) in [5, 5.41) is 15.0. The van der Waals surface area contributed by atoms with Crippen molar-refractivity contribution in [2.75, 3.05) is 17.2 Å². The first kappa shape index (κ1) is 13.7. The molecule has 1 aromatic carbocycles. The number of hydrogen-bond acceptors (Lipinski definition) is 5. The highest BCUT2D eigenvalue weighted by molar-refractivity contribution is 5.65. The van der Waals surface area contributed by atoms with Gasteiger partial charge in [-0.05, 0) is 32.0 Å². The summed E-state index contributed by atoms with van der Waals surface area (Å²) in [5.41, 5.74) is 1.53. The number of nitrogens with zero attached hydrogens (tertiary/aromatic N) is 3. The van der Waals surface area contributed by atoms with Crippen LogP contribution in [-0.4, -0.2) is 16.5 Å². The number of rotatable bonds is 4. The summed E-state index contributed by atoms with van der Waals surface area (Å²) in [4.78, 5) is 8.51. The minimum Gasteiger partial charge on any atom is -0.354 e.